The normalized spacial score (nSPS) is 11.9. The number of rotatable bonds is 4. The van der Waals surface area contributed by atoms with E-state index in [0.29, 0.717) is 0 Å². The summed E-state index contributed by atoms with van der Waals surface area (Å²) in [7, 11) is 0. The quantitative estimate of drug-likeness (QED) is 0.886. The van der Waals surface area contributed by atoms with Gasteiger partial charge in [0, 0.05) is 5.69 Å². The predicted octanol–water partition coefficient (Wildman–Crippen LogP) is 3.85. The van der Waals surface area contributed by atoms with Crippen molar-refractivity contribution in [3.8, 4) is 0 Å². The number of carboxylic acids is 1. The second-order valence-electron chi connectivity index (χ2n) is 5.13. The minimum atomic E-state index is -0.882. The molecule has 0 aliphatic heterocycles. The third-order valence-corrected chi connectivity index (χ3v) is 3.48. The van der Waals surface area contributed by atoms with Crippen molar-refractivity contribution in [3.05, 3.63) is 64.7 Å². The molecule has 2 N–H and O–H groups in total. The summed E-state index contributed by atoms with van der Waals surface area (Å²) in [6.07, 6.45) is 0. The molecule has 0 radical (unpaired) electrons. The van der Waals surface area contributed by atoms with Gasteiger partial charge in [0.1, 0.15) is 0 Å². The number of anilines is 1. The van der Waals surface area contributed by atoms with E-state index in [4.69, 9.17) is 0 Å². The maximum Gasteiger partial charge on any atom is 0.330 e. The number of aryl methyl sites for hydroxylation is 3. The van der Waals surface area contributed by atoms with Gasteiger partial charge >= 0.3 is 5.97 Å². The Kier molecular flexibility index (Phi) is 4.08. The molecule has 3 heteroatoms. The molecule has 0 heterocycles. The van der Waals surface area contributed by atoms with E-state index < -0.39 is 12.0 Å². The third kappa shape index (κ3) is 3.18. The SMILES string of the molecule is Cc1ccc([C@@H](Nc2ccc(C)c(C)c2)C(=O)O)cc1. The number of hydrogen-bond donors (Lipinski definition) is 2. The van der Waals surface area contributed by atoms with Crippen LogP contribution >= 0.6 is 0 Å². The number of benzene rings is 2. The standard InChI is InChI=1S/C17H19NO2/c1-11-4-7-14(8-5-11)16(17(19)20)18-15-9-6-12(2)13(3)10-15/h4-10,16,18H,1-3H3,(H,19,20)/t16-/m1/s1. The van der Waals surface area contributed by atoms with Crippen LogP contribution in [0.1, 0.15) is 28.3 Å². The summed E-state index contributed by atoms with van der Waals surface area (Å²) in [4.78, 5) is 11.5. The highest BCUT2D eigenvalue weighted by molar-refractivity contribution is 5.79. The van der Waals surface area contributed by atoms with E-state index in [2.05, 4.69) is 5.32 Å². The van der Waals surface area contributed by atoms with Gasteiger partial charge in [0.2, 0.25) is 0 Å². The number of carbonyl (C=O) groups is 1. The highest BCUT2D eigenvalue weighted by Crippen LogP contribution is 2.22. The average Bonchev–Trinajstić information content (AvgIpc) is 2.41. The van der Waals surface area contributed by atoms with E-state index in [0.717, 1.165) is 22.4 Å². The largest absolute Gasteiger partial charge is 0.479 e. The van der Waals surface area contributed by atoms with Crippen molar-refractivity contribution in [3.63, 3.8) is 0 Å². The fourth-order valence-corrected chi connectivity index (χ4v) is 2.04. The van der Waals surface area contributed by atoms with E-state index in [1.54, 1.807) is 0 Å². The molecule has 0 saturated carbocycles. The van der Waals surface area contributed by atoms with Gasteiger partial charge in [-0.3, -0.25) is 0 Å². The number of hydrogen-bond acceptors (Lipinski definition) is 2. The molecule has 2 rings (SSSR count). The molecule has 0 fully saturated rings. The zero-order valence-corrected chi connectivity index (χ0v) is 12.0. The summed E-state index contributed by atoms with van der Waals surface area (Å²) < 4.78 is 0. The van der Waals surface area contributed by atoms with Crippen LogP contribution < -0.4 is 5.32 Å². The second-order valence-corrected chi connectivity index (χ2v) is 5.13. The average molecular weight is 269 g/mol. The van der Waals surface area contributed by atoms with Crippen LogP contribution in [-0.2, 0) is 4.79 Å². The zero-order chi connectivity index (χ0) is 14.7. The van der Waals surface area contributed by atoms with E-state index in [9.17, 15) is 9.90 Å². The van der Waals surface area contributed by atoms with Crippen molar-refractivity contribution >= 4 is 11.7 Å². The molecule has 3 nitrogen and oxygen atoms in total. The number of aliphatic carboxylic acids is 1. The first kappa shape index (κ1) is 14.1. The molecule has 20 heavy (non-hydrogen) atoms. The van der Waals surface area contributed by atoms with E-state index in [-0.39, 0.29) is 0 Å². The Hall–Kier alpha value is -2.29. The summed E-state index contributed by atoms with van der Waals surface area (Å²) in [6.45, 7) is 6.03. The zero-order valence-electron chi connectivity index (χ0n) is 12.0. The minimum Gasteiger partial charge on any atom is -0.479 e. The lowest BCUT2D eigenvalue weighted by atomic mass is 10.0. The summed E-state index contributed by atoms with van der Waals surface area (Å²) in [6, 6.07) is 12.7. The molecule has 1 atom stereocenters. The molecule has 0 aromatic heterocycles. The molecule has 0 bridgehead atoms. The van der Waals surface area contributed by atoms with Crippen LogP contribution in [0.5, 0.6) is 0 Å². The van der Waals surface area contributed by atoms with Crippen molar-refractivity contribution in [2.24, 2.45) is 0 Å². The Bertz CT molecular complexity index is 617. The van der Waals surface area contributed by atoms with Crippen LogP contribution in [0.15, 0.2) is 42.5 Å². The maximum atomic E-state index is 11.5. The molecule has 0 spiro atoms. The Balaban J connectivity index is 2.27. The minimum absolute atomic E-state index is 0.738. The Morgan fingerprint density at radius 3 is 2.20 bits per heavy atom. The highest BCUT2D eigenvalue weighted by atomic mass is 16.4. The van der Waals surface area contributed by atoms with Gasteiger partial charge in [-0.2, -0.15) is 0 Å². The first-order valence-corrected chi connectivity index (χ1v) is 6.60. The lowest BCUT2D eigenvalue weighted by molar-refractivity contribution is -0.138. The van der Waals surface area contributed by atoms with E-state index in [1.165, 1.54) is 5.56 Å². The van der Waals surface area contributed by atoms with Crippen LogP contribution in [0.4, 0.5) is 5.69 Å². The van der Waals surface area contributed by atoms with Gasteiger partial charge in [-0.25, -0.2) is 4.79 Å². The van der Waals surface area contributed by atoms with Gasteiger partial charge in [0.25, 0.3) is 0 Å². The Morgan fingerprint density at radius 2 is 1.65 bits per heavy atom. The monoisotopic (exact) mass is 269 g/mol. The van der Waals surface area contributed by atoms with Gasteiger partial charge in [-0.05, 0) is 49.6 Å². The molecule has 0 aliphatic carbocycles. The van der Waals surface area contributed by atoms with Crippen LogP contribution in [-0.4, -0.2) is 11.1 Å². The van der Waals surface area contributed by atoms with Crippen molar-refractivity contribution in [2.75, 3.05) is 5.32 Å². The predicted molar refractivity (Wildman–Crippen MR) is 81.1 cm³/mol. The van der Waals surface area contributed by atoms with Crippen molar-refractivity contribution in [1.82, 2.24) is 0 Å². The fourth-order valence-electron chi connectivity index (χ4n) is 2.04. The first-order valence-electron chi connectivity index (χ1n) is 6.60. The first-order chi connectivity index (χ1) is 9.47. The van der Waals surface area contributed by atoms with Crippen LogP contribution in [0, 0.1) is 20.8 Å². The molecule has 2 aromatic rings. The van der Waals surface area contributed by atoms with Gasteiger partial charge in [-0.1, -0.05) is 35.9 Å². The van der Waals surface area contributed by atoms with E-state index >= 15 is 0 Å². The lowest BCUT2D eigenvalue weighted by Crippen LogP contribution is -2.20. The van der Waals surface area contributed by atoms with Crippen molar-refractivity contribution in [1.29, 1.82) is 0 Å². The molecule has 104 valence electrons. The molecular formula is C17H19NO2. The summed E-state index contributed by atoms with van der Waals surface area (Å²) in [5.74, 6) is -0.882. The number of carboxylic acid groups (broad SMARTS) is 1. The highest BCUT2D eigenvalue weighted by Gasteiger charge is 2.19. The van der Waals surface area contributed by atoms with Crippen LogP contribution in [0.2, 0.25) is 0 Å². The van der Waals surface area contributed by atoms with Crippen molar-refractivity contribution in [2.45, 2.75) is 26.8 Å². The Labute approximate surface area is 119 Å². The Morgan fingerprint density at radius 1 is 1.00 bits per heavy atom. The van der Waals surface area contributed by atoms with Crippen LogP contribution in [0.25, 0.3) is 0 Å². The molecular weight excluding hydrogens is 250 g/mol. The second kappa shape index (κ2) is 5.78. The van der Waals surface area contributed by atoms with Gasteiger partial charge in [0.15, 0.2) is 6.04 Å². The molecule has 0 saturated heterocycles. The van der Waals surface area contributed by atoms with Gasteiger partial charge in [-0.15, -0.1) is 0 Å². The fraction of sp³-hybridized carbons (Fsp3) is 0.235. The molecule has 0 amide bonds. The molecule has 0 unspecified atom stereocenters. The van der Waals surface area contributed by atoms with Gasteiger partial charge < -0.3 is 10.4 Å². The van der Waals surface area contributed by atoms with E-state index in [1.807, 2.05) is 63.2 Å². The summed E-state index contributed by atoms with van der Waals surface area (Å²) in [5.41, 5.74) is 5.02. The maximum absolute atomic E-state index is 11.5. The third-order valence-electron chi connectivity index (χ3n) is 3.48. The van der Waals surface area contributed by atoms with Crippen LogP contribution in [0.3, 0.4) is 0 Å². The van der Waals surface area contributed by atoms with Gasteiger partial charge in [0.05, 0.1) is 0 Å². The summed E-state index contributed by atoms with van der Waals surface area (Å²) in [5, 5.41) is 12.5. The molecule has 0 aliphatic rings. The lowest BCUT2D eigenvalue weighted by Gasteiger charge is -2.17. The molecule has 2 aromatic carbocycles. The van der Waals surface area contributed by atoms with Crippen molar-refractivity contribution < 1.29 is 9.90 Å². The smallest absolute Gasteiger partial charge is 0.330 e. The number of nitrogens with one attached hydrogen (secondary N) is 1. The topological polar surface area (TPSA) is 49.3 Å². The summed E-state index contributed by atoms with van der Waals surface area (Å²) >= 11 is 0.